The van der Waals surface area contributed by atoms with Crippen molar-refractivity contribution in [3.8, 4) is 0 Å². The summed E-state index contributed by atoms with van der Waals surface area (Å²) in [6.07, 6.45) is 0. The summed E-state index contributed by atoms with van der Waals surface area (Å²) in [6, 6.07) is 5.13. The van der Waals surface area contributed by atoms with E-state index in [4.69, 9.17) is 18.0 Å². The van der Waals surface area contributed by atoms with Crippen molar-refractivity contribution in [2.45, 2.75) is 31.7 Å². The Hall–Kier alpha value is -1.02. The molecule has 0 aliphatic heterocycles. The van der Waals surface area contributed by atoms with E-state index in [1.807, 2.05) is 7.05 Å². The van der Waals surface area contributed by atoms with Crippen molar-refractivity contribution in [1.29, 1.82) is 0 Å². The fourth-order valence-electron chi connectivity index (χ4n) is 1.78. The van der Waals surface area contributed by atoms with E-state index in [0.29, 0.717) is 24.7 Å². The fraction of sp³-hybridized carbons (Fsp3) is 0.500. The van der Waals surface area contributed by atoms with Gasteiger partial charge in [0.1, 0.15) is 4.99 Å². The molecule has 3 N–H and O–H groups in total. The third-order valence-electron chi connectivity index (χ3n) is 3.41. The van der Waals surface area contributed by atoms with Gasteiger partial charge in [0, 0.05) is 24.7 Å². The molecule has 0 saturated heterocycles. The number of hydrogen-bond donors (Lipinski definition) is 2. The summed E-state index contributed by atoms with van der Waals surface area (Å²) in [5.74, 6) is 0. The molecule has 0 aromatic heterocycles. The molecule has 0 atom stereocenters. The first-order valence-corrected chi connectivity index (χ1v) is 8.64. The van der Waals surface area contributed by atoms with Crippen LogP contribution in [0, 0.1) is 6.92 Å². The van der Waals surface area contributed by atoms with Gasteiger partial charge in [-0.05, 0) is 45.5 Å². The van der Waals surface area contributed by atoms with Crippen molar-refractivity contribution in [1.82, 2.24) is 9.62 Å². The zero-order chi connectivity index (χ0) is 16.2. The van der Waals surface area contributed by atoms with Crippen molar-refractivity contribution in [3.05, 3.63) is 29.3 Å². The normalized spacial score (nSPS) is 12.1. The van der Waals surface area contributed by atoms with E-state index in [2.05, 4.69) is 23.5 Å². The second-order valence-electron chi connectivity index (χ2n) is 5.31. The molecule has 0 aliphatic rings. The largest absolute Gasteiger partial charge is 0.389 e. The first-order valence-electron chi connectivity index (χ1n) is 6.75. The number of hydrogen-bond acceptors (Lipinski definition) is 4. The molecule has 118 valence electrons. The van der Waals surface area contributed by atoms with Crippen LogP contribution in [-0.2, 0) is 10.0 Å². The molecule has 0 heterocycles. The van der Waals surface area contributed by atoms with Gasteiger partial charge in [0.2, 0.25) is 10.0 Å². The summed E-state index contributed by atoms with van der Waals surface area (Å²) in [5.41, 5.74) is 7.03. The molecular formula is C14H23N3O2S2. The number of sulfonamides is 1. The highest BCUT2D eigenvalue weighted by Crippen LogP contribution is 2.15. The molecule has 0 bridgehead atoms. The molecule has 0 aliphatic carbocycles. The predicted molar refractivity (Wildman–Crippen MR) is 90.0 cm³/mol. The first kappa shape index (κ1) is 18.0. The Morgan fingerprint density at radius 3 is 2.52 bits per heavy atom. The molecule has 0 unspecified atom stereocenters. The van der Waals surface area contributed by atoms with Crippen LogP contribution < -0.4 is 10.5 Å². The van der Waals surface area contributed by atoms with Gasteiger partial charge >= 0.3 is 0 Å². The lowest BCUT2D eigenvalue weighted by Gasteiger charge is -2.20. The highest BCUT2D eigenvalue weighted by Gasteiger charge is 2.15. The molecule has 5 nitrogen and oxygen atoms in total. The summed E-state index contributed by atoms with van der Waals surface area (Å²) in [5, 5.41) is 0. The topological polar surface area (TPSA) is 75.4 Å². The maximum absolute atomic E-state index is 12.2. The van der Waals surface area contributed by atoms with E-state index in [-0.39, 0.29) is 9.88 Å². The molecule has 0 fully saturated rings. The van der Waals surface area contributed by atoms with Crippen LogP contribution in [0.3, 0.4) is 0 Å². The van der Waals surface area contributed by atoms with Gasteiger partial charge in [-0.3, -0.25) is 0 Å². The molecule has 0 spiro atoms. The number of aryl methyl sites for hydroxylation is 1. The Labute approximate surface area is 132 Å². The number of nitrogens with two attached hydrogens (primary N) is 1. The van der Waals surface area contributed by atoms with Gasteiger partial charge in [-0.25, -0.2) is 13.1 Å². The number of nitrogens with zero attached hydrogens (tertiary/aromatic N) is 1. The van der Waals surface area contributed by atoms with Crippen molar-refractivity contribution in [3.63, 3.8) is 0 Å². The third kappa shape index (κ3) is 5.03. The minimum atomic E-state index is -3.51. The number of benzene rings is 1. The number of thiocarbonyl (C=S) groups is 1. The van der Waals surface area contributed by atoms with Crippen LogP contribution >= 0.6 is 12.2 Å². The quantitative estimate of drug-likeness (QED) is 0.736. The van der Waals surface area contributed by atoms with Gasteiger partial charge < -0.3 is 10.6 Å². The Morgan fingerprint density at radius 2 is 2.05 bits per heavy atom. The van der Waals surface area contributed by atoms with Gasteiger partial charge in [-0.1, -0.05) is 18.3 Å². The smallest absolute Gasteiger partial charge is 0.240 e. The van der Waals surface area contributed by atoms with Crippen LogP contribution in [0.25, 0.3) is 0 Å². The second kappa shape index (κ2) is 7.31. The average Bonchev–Trinajstić information content (AvgIpc) is 2.37. The predicted octanol–water partition coefficient (Wildman–Crippen LogP) is 1.25. The van der Waals surface area contributed by atoms with Crippen LogP contribution in [0.4, 0.5) is 0 Å². The van der Waals surface area contributed by atoms with Crippen LogP contribution in [0.1, 0.15) is 25.0 Å². The lowest BCUT2D eigenvalue weighted by Crippen LogP contribution is -2.36. The van der Waals surface area contributed by atoms with Crippen molar-refractivity contribution in [2.24, 2.45) is 5.73 Å². The average molecular weight is 329 g/mol. The zero-order valence-corrected chi connectivity index (χ0v) is 14.5. The summed E-state index contributed by atoms with van der Waals surface area (Å²) >= 11 is 4.92. The summed E-state index contributed by atoms with van der Waals surface area (Å²) in [4.78, 5) is 2.57. The Bertz CT molecular complexity index is 613. The Balaban J connectivity index is 2.79. The highest BCUT2D eigenvalue weighted by atomic mass is 32.2. The van der Waals surface area contributed by atoms with Crippen molar-refractivity contribution in [2.75, 3.05) is 20.1 Å². The minimum Gasteiger partial charge on any atom is -0.389 e. The monoisotopic (exact) mass is 329 g/mol. The van der Waals surface area contributed by atoms with Gasteiger partial charge in [-0.15, -0.1) is 0 Å². The van der Waals surface area contributed by atoms with Gasteiger partial charge in [-0.2, -0.15) is 0 Å². The van der Waals surface area contributed by atoms with Gasteiger partial charge in [0.25, 0.3) is 0 Å². The molecule has 1 rings (SSSR count). The molecule has 1 aromatic carbocycles. The number of rotatable bonds is 7. The van der Waals surface area contributed by atoms with Crippen LogP contribution in [0.15, 0.2) is 23.1 Å². The van der Waals surface area contributed by atoms with Crippen LogP contribution in [0.5, 0.6) is 0 Å². The lowest BCUT2D eigenvalue weighted by atomic mass is 10.1. The maximum Gasteiger partial charge on any atom is 0.240 e. The van der Waals surface area contributed by atoms with E-state index in [0.717, 1.165) is 5.56 Å². The van der Waals surface area contributed by atoms with Crippen LogP contribution in [-0.4, -0.2) is 44.5 Å². The molecule has 21 heavy (non-hydrogen) atoms. The first-order chi connectivity index (χ1) is 9.65. The van der Waals surface area contributed by atoms with Crippen molar-refractivity contribution >= 4 is 27.2 Å². The molecule has 1 aromatic rings. The van der Waals surface area contributed by atoms with E-state index >= 15 is 0 Å². The Morgan fingerprint density at radius 1 is 1.43 bits per heavy atom. The number of likely N-dealkylation sites (N-methyl/N-ethyl adjacent to an activating group) is 1. The van der Waals surface area contributed by atoms with E-state index in [1.54, 1.807) is 19.1 Å². The van der Waals surface area contributed by atoms with Gasteiger partial charge in [0.15, 0.2) is 0 Å². The minimum absolute atomic E-state index is 0.229. The third-order valence-corrected chi connectivity index (χ3v) is 5.09. The van der Waals surface area contributed by atoms with E-state index in [1.165, 1.54) is 6.07 Å². The lowest BCUT2D eigenvalue weighted by molar-refractivity contribution is 0.278. The van der Waals surface area contributed by atoms with E-state index < -0.39 is 10.0 Å². The second-order valence-corrected chi connectivity index (χ2v) is 7.52. The summed E-state index contributed by atoms with van der Waals surface area (Å²) in [7, 11) is -1.55. The molecular weight excluding hydrogens is 306 g/mol. The van der Waals surface area contributed by atoms with Crippen LogP contribution in [0.2, 0.25) is 0 Å². The molecule has 0 amide bonds. The molecule has 7 heteroatoms. The van der Waals surface area contributed by atoms with Crippen molar-refractivity contribution < 1.29 is 8.42 Å². The molecule has 0 saturated carbocycles. The number of nitrogens with one attached hydrogen (secondary N) is 1. The summed E-state index contributed by atoms with van der Waals surface area (Å²) < 4.78 is 27.0. The Kier molecular flexibility index (Phi) is 6.27. The SMILES string of the molecule is Cc1cc(S(=O)(=O)NCCN(C)C(C)C)ccc1C(N)=S. The summed E-state index contributed by atoms with van der Waals surface area (Å²) in [6.45, 7) is 6.94. The zero-order valence-electron chi connectivity index (χ0n) is 12.9. The molecule has 0 radical (unpaired) electrons. The fourth-order valence-corrected chi connectivity index (χ4v) is 3.11. The van der Waals surface area contributed by atoms with E-state index in [9.17, 15) is 8.42 Å². The standard InChI is InChI=1S/C14H23N3O2S2/c1-10(2)17(4)8-7-16-21(18,19)12-5-6-13(14(15)20)11(3)9-12/h5-6,9-10,16H,7-8H2,1-4H3,(H2,15,20). The highest BCUT2D eigenvalue weighted by molar-refractivity contribution is 7.89. The van der Waals surface area contributed by atoms with Gasteiger partial charge in [0.05, 0.1) is 4.90 Å². The maximum atomic E-state index is 12.2.